The van der Waals surface area contributed by atoms with Crippen molar-refractivity contribution in [2.75, 3.05) is 13.2 Å². The summed E-state index contributed by atoms with van der Waals surface area (Å²) in [5.74, 6) is 2.04. The Hall–Kier alpha value is -0.730. The predicted molar refractivity (Wildman–Crippen MR) is 74.3 cm³/mol. The molecule has 1 aromatic rings. The van der Waals surface area contributed by atoms with Gasteiger partial charge in [0.2, 0.25) is 0 Å². The Morgan fingerprint density at radius 1 is 1.33 bits per heavy atom. The molecule has 1 N–H and O–H groups in total. The minimum absolute atomic E-state index is 0.796. The van der Waals surface area contributed by atoms with Gasteiger partial charge in [0.05, 0.1) is 6.61 Å². The number of hydrogen-bond acceptors (Lipinski definition) is 2. The molecular formula is C15H20ClNO. The summed E-state index contributed by atoms with van der Waals surface area (Å²) in [6.45, 7) is 2.77. The molecule has 0 amide bonds. The fourth-order valence-corrected chi connectivity index (χ4v) is 3.05. The van der Waals surface area contributed by atoms with Crippen LogP contribution < -0.4 is 10.1 Å². The topological polar surface area (TPSA) is 21.3 Å². The molecule has 0 aromatic heterocycles. The maximum absolute atomic E-state index is 6.14. The first-order valence-corrected chi connectivity index (χ1v) is 7.35. The van der Waals surface area contributed by atoms with Crippen molar-refractivity contribution in [1.82, 2.24) is 5.32 Å². The molecule has 0 spiro atoms. The molecule has 0 bridgehead atoms. The summed E-state index contributed by atoms with van der Waals surface area (Å²) in [6, 6.07) is 4.06. The molecular weight excluding hydrogens is 246 g/mol. The van der Waals surface area contributed by atoms with Crippen molar-refractivity contribution in [2.24, 2.45) is 5.92 Å². The second kappa shape index (κ2) is 5.50. The van der Waals surface area contributed by atoms with E-state index in [1.54, 1.807) is 0 Å². The van der Waals surface area contributed by atoms with E-state index in [0.29, 0.717) is 0 Å². The van der Waals surface area contributed by atoms with Crippen LogP contribution >= 0.6 is 11.6 Å². The Balaban J connectivity index is 1.55. The van der Waals surface area contributed by atoms with E-state index in [2.05, 4.69) is 5.32 Å². The molecule has 0 atom stereocenters. The van der Waals surface area contributed by atoms with Gasteiger partial charge in [-0.2, -0.15) is 0 Å². The molecule has 18 heavy (non-hydrogen) atoms. The highest BCUT2D eigenvalue weighted by Gasteiger charge is 2.18. The molecule has 0 saturated heterocycles. The van der Waals surface area contributed by atoms with Crippen LogP contribution in [0.3, 0.4) is 0 Å². The lowest BCUT2D eigenvalue weighted by Crippen LogP contribution is -2.21. The zero-order valence-corrected chi connectivity index (χ0v) is 11.4. The van der Waals surface area contributed by atoms with E-state index in [0.717, 1.165) is 42.8 Å². The summed E-state index contributed by atoms with van der Waals surface area (Å²) in [6.07, 6.45) is 6.59. The lowest BCUT2D eigenvalue weighted by atomic mass is 9.83. The van der Waals surface area contributed by atoms with Crippen molar-refractivity contribution in [3.8, 4) is 5.75 Å². The molecule has 2 aliphatic rings. The molecule has 0 unspecified atom stereocenters. The first-order valence-electron chi connectivity index (χ1n) is 6.98. The molecule has 1 saturated carbocycles. The average molecular weight is 266 g/mol. The highest BCUT2D eigenvalue weighted by molar-refractivity contribution is 6.30. The molecule has 2 nitrogen and oxygen atoms in total. The minimum Gasteiger partial charge on any atom is -0.493 e. The molecule has 1 aromatic carbocycles. The first kappa shape index (κ1) is 12.3. The standard InChI is InChI=1S/C15H20ClNO/c16-14-8-12-5-7-18-15(12)13(9-14)10-17-6-4-11-2-1-3-11/h8-9,11,17H,1-7,10H2. The van der Waals surface area contributed by atoms with Crippen molar-refractivity contribution in [2.45, 2.75) is 38.6 Å². The van der Waals surface area contributed by atoms with E-state index in [-0.39, 0.29) is 0 Å². The maximum Gasteiger partial charge on any atom is 0.127 e. The van der Waals surface area contributed by atoms with Crippen molar-refractivity contribution in [3.05, 3.63) is 28.3 Å². The van der Waals surface area contributed by atoms with Gasteiger partial charge in [0.15, 0.2) is 0 Å². The van der Waals surface area contributed by atoms with Gasteiger partial charge in [0.1, 0.15) is 5.75 Å². The number of halogens is 1. The fourth-order valence-electron chi connectivity index (χ4n) is 2.79. The predicted octanol–water partition coefficient (Wildman–Crippen LogP) is 3.55. The highest BCUT2D eigenvalue weighted by Crippen LogP contribution is 2.33. The third-order valence-corrected chi connectivity index (χ3v) is 4.31. The van der Waals surface area contributed by atoms with Gasteiger partial charge in [-0.1, -0.05) is 30.9 Å². The summed E-state index contributed by atoms with van der Waals surface area (Å²) in [4.78, 5) is 0. The Labute approximate surface area is 114 Å². The van der Waals surface area contributed by atoms with E-state index < -0.39 is 0 Å². The number of benzene rings is 1. The Kier molecular flexibility index (Phi) is 3.76. The van der Waals surface area contributed by atoms with Gasteiger partial charge in [-0.05, 0) is 36.6 Å². The molecule has 1 heterocycles. The lowest BCUT2D eigenvalue weighted by Gasteiger charge is -2.25. The fraction of sp³-hybridized carbons (Fsp3) is 0.600. The number of rotatable bonds is 5. The van der Waals surface area contributed by atoms with Crippen LogP contribution in [0.15, 0.2) is 12.1 Å². The van der Waals surface area contributed by atoms with Crippen molar-refractivity contribution in [1.29, 1.82) is 0 Å². The molecule has 1 aliphatic heterocycles. The van der Waals surface area contributed by atoms with E-state index in [9.17, 15) is 0 Å². The van der Waals surface area contributed by atoms with E-state index in [4.69, 9.17) is 16.3 Å². The van der Waals surface area contributed by atoms with E-state index in [1.807, 2.05) is 12.1 Å². The largest absolute Gasteiger partial charge is 0.493 e. The van der Waals surface area contributed by atoms with Crippen LogP contribution in [0.1, 0.15) is 36.8 Å². The minimum atomic E-state index is 0.796. The number of hydrogen-bond donors (Lipinski definition) is 1. The van der Waals surface area contributed by atoms with Crippen LogP contribution in [0.2, 0.25) is 5.02 Å². The zero-order valence-electron chi connectivity index (χ0n) is 10.7. The van der Waals surface area contributed by atoms with Gasteiger partial charge in [0, 0.05) is 23.6 Å². The van der Waals surface area contributed by atoms with E-state index in [1.165, 1.54) is 36.8 Å². The third kappa shape index (κ3) is 2.65. The van der Waals surface area contributed by atoms with Gasteiger partial charge in [0.25, 0.3) is 0 Å². The zero-order chi connectivity index (χ0) is 12.4. The van der Waals surface area contributed by atoms with Gasteiger partial charge in [-0.25, -0.2) is 0 Å². The SMILES string of the molecule is Clc1cc2c(c(CNCCC3CCC3)c1)OCC2. The quantitative estimate of drug-likeness (QED) is 0.822. The third-order valence-electron chi connectivity index (χ3n) is 4.09. The maximum atomic E-state index is 6.14. The number of fused-ring (bicyclic) bond motifs is 1. The van der Waals surface area contributed by atoms with Crippen LogP contribution in [-0.4, -0.2) is 13.2 Å². The van der Waals surface area contributed by atoms with Crippen molar-refractivity contribution in [3.63, 3.8) is 0 Å². The summed E-state index contributed by atoms with van der Waals surface area (Å²) in [7, 11) is 0. The van der Waals surface area contributed by atoms with Crippen LogP contribution in [0, 0.1) is 5.92 Å². The van der Waals surface area contributed by atoms with Crippen LogP contribution in [0.4, 0.5) is 0 Å². The second-order valence-electron chi connectivity index (χ2n) is 5.41. The Bertz CT molecular complexity index is 429. The first-order chi connectivity index (χ1) is 8.83. The van der Waals surface area contributed by atoms with Crippen LogP contribution in [0.5, 0.6) is 5.75 Å². The summed E-state index contributed by atoms with van der Waals surface area (Å²) in [5, 5.41) is 4.35. The molecule has 98 valence electrons. The van der Waals surface area contributed by atoms with Crippen LogP contribution in [-0.2, 0) is 13.0 Å². The highest BCUT2D eigenvalue weighted by atomic mass is 35.5. The smallest absolute Gasteiger partial charge is 0.127 e. The second-order valence-corrected chi connectivity index (χ2v) is 5.85. The normalized spacial score (nSPS) is 18.3. The van der Waals surface area contributed by atoms with Gasteiger partial charge in [-0.15, -0.1) is 0 Å². The summed E-state index contributed by atoms with van der Waals surface area (Å²) < 4.78 is 5.70. The van der Waals surface area contributed by atoms with Crippen LogP contribution in [0.25, 0.3) is 0 Å². The van der Waals surface area contributed by atoms with Gasteiger partial charge < -0.3 is 10.1 Å². The van der Waals surface area contributed by atoms with Gasteiger partial charge in [-0.3, -0.25) is 0 Å². The Morgan fingerprint density at radius 2 is 2.22 bits per heavy atom. The molecule has 3 rings (SSSR count). The molecule has 3 heteroatoms. The summed E-state index contributed by atoms with van der Waals surface area (Å²) in [5.41, 5.74) is 2.47. The number of ether oxygens (including phenoxy) is 1. The molecule has 1 aliphatic carbocycles. The van der Waals surface area contributed by atoms with E-state index >= 15 is 0 Å². The number of nitrogens with one attached hydrogen (secondary N) is 1. The lowest BCUT2D eigenvalue weighted by molar-refractivity contribution is 0.291. The monoisotopic (exact) mass is 265 g/mol. The molecule has 0 radical (unpaired) electrons. The van der Waals surface area contributed by atoms with Gasteiger partial charge >= 0.3 is 0 Å². The van der Waals surface area contributed by atoms with Crippen molar-refractivity contribution < 1.29 is 4.74 Å². The average Bonchev–Trinajstić information content (AvgIpc) is 2.73. The molecule has 1 fully saturated rings. The Morgan fingerprint density at radius 3 is 3.00 bits per heavy atom. The van der Waals surface area contributed by atoms with Crippen molar-refractivity contribution >= 4 is 11.6 Å². The summed E-state index contributed by atoms with van der Waals surface area (Å²) >= 11 is 6.14.